The Labute approximate surface area is 248 Å². The molecule has 0 bridgehead atoms. The van der Waals surface area contributed by atoms with Gasteiger partial charge in [-0.05, 0) is 38.5 Å². The first-order valence-electron chi connectivity index (χ1n) is 14.5. The molecule has 5 heterocycles. The highest BCUT2D eigenvalue weighted by molar-refractivity contribution is 8.00. The predicted molar refractivity (Wildman–Crippen MR) is 149 cm³/mol. The third-order valence-corrected chi connectivity index (χ3v) is 11.1. The van der Waals surface area contributed by atoms with Crippen molar-refractivity contribution in [3.05, 3.63) is 0 Å². The quantitative estimate of drug-likeness (QED) is 0.276. The zero-order chi connectivity index (χ0) is 29.5. The lowest BCUT2D eigenvalue weighted by Gasteiger charge is -2.45. The van der Waals surface area contributed by atoms with Gasteiger partial charge in [0.1, 0.15) is 18.0 Å². The summed E-state index contributed by atoms with van der Waals surface area (Å²) >= 11 is 8.08. The maximum absolute atomic E-state index is 13.6. The first-order chi connectivity index (χ1) is 19.5. The summed E-state index contributed by atoms with van der Waals surface area (Å²) in [6.45, 7) is 4.30. The number of nitrogens with zero attached hydrogens (tertiary/aromatic N) is 1. The summed E-state index contributed by atoms with van der Waals surface area (Å²) in [7, 11) is 2.91. The maximum atomic E-state index is 13.6. The predicted octanol–water partition coefficient (Wildman–Crippen LogP) is 1.01. The maximum Gasteiger partial charge on any atom is 0.395 e. The van der Waals surface area contributed by atoms with E-state index in [9.17, 15) is 22.8 Å². The van der Waals surface area contributed by atoms with E-state index >= 15 is 0 Å². The molecule has 12 atom stereocenters. The number of alkyl halides is 4. The Morgan fingerprint density at radius 2 is 1.76 bits per heavy atom. The Bertz CT molecular complexity index is 941. The van der Waals surface area contributed by atoms with Crippen LogP contribution in [-0.4, -0.2) is 110 Å². The number of nitrogens with one attached hydrogen (secondary N) is 5. The monoisotopic (exact) mass is 626 g/mol. The molecule has 0 aliphatic carbocycles. The van der Waals surface area contributed by atoms with Crippen LogP contribution in [0.2, 0.25) is 0 Å². The molecular formula is C26H42ClF3N6O4S. The Morgan fingerprint density at radius 1 is 1.00 bits per heavy atom. The van der Waals surface area contributed by atoms with E-state index in [1.54, 1.807) is 23.8 Å². The van der Waals surface area contributed by atoms with Crippen LogP contribution in [0.5, 0.6) is 0 Å². The van der Waals surface area contributed by atoms with Crippen molar-refractivity contribution in [2.45, 2.75) is 85.5 Å². The van der Waals surface area contributed by atoms with Crippen molar-refractivity contribution < 1.29 is 32.2 Å². The molecule has 0 radical (unpaired) electrons. The normalized spacial score (nSPS) is 43.5. The van der Waals surface area contributed by atoms with Crippen molar-refractivity contribution in [2.24, 2.45) is 23.7 Å². The van der Waals surface area contributed by atoms with Crippen LogP contribution in [0.3, 0.4) is 0 Å². The second-order valence-electron chi connectivity index (χ2n) is 12.1. The lowest BCUT2D eigenvalue weighted by molar-refractivity contribution is -0.219. The highest BCUT2D eigenvalue weighted by Crippen LogP contribution is 2.39. The van der Waals surface area contributed by atoms with E-state index in [0.717, 1.165) is 12.8 Å². The minimum absolute atomic E-state index is 0.00681. The molecular weight excluding hydrogens is 585 g/mol. The summed E-state index contributed by atoms with van der Waals surface area (Å²) < 4.78 is 50.7. The fourth-order valence-electron chi connectivity index (χ4n) is 7.30. The molecule has 12 unspecified atom stereocenters. The molecule has 2 amide bonds. The number of fused-ring (bicyclic) bond motifs is 1. The van der Waals surface area contributed by atoms with Gasteiger partial charge in [0, 0.05) is 69.0 Å². The summed E-state index contributed by atoms with van der Waals surface area (Å²) in [5.74, 6) is -1.86. The molecule has 0 saturated carbocycles. The highest BCUT2D eigenvalue weighted by atomic mass is 35.5. The van der Waals surface area contributed by atoms with Gasteiger partial charge >= 0.3 is 6.18 Å². The van der Waals surface area contributed by atoms with E-state index in [0.29, 0.717) is 26.2 Å². The molecule has 0 aromatic carbocycles. The molecule has 15 heteroatoms. The van der Waals surface area contributed by atoms with Crippen molar-refractivity contribution in [3.8, 4) is 0 Å². The topological polar surface area (TPSA) is 116 Å². The molecule has 5 rings (SSSR count). The van der Waals surface area contributed by atoms with Crippen LogP contribution in [0.25, 0.3) is 0 Å². The van der Waals surface area contributed by atoms with Gasteiger partial charge in [0.2, 0.25) is 11.8 Å². The van der Waals surface area contributed by atoms with Crippen molar-refractivity contribution in [2.75, 3.05) is 40.4 Å². The minimum Gasteiger partial charge on any atom is -0.366 e. The van der Waals surface area contributed by atoms with Crippen molar-refractivity contribution in [1.82, 2.24) is 31.5 Å². The molecule has 0 aromatic rings. The molecule has 5 aliphatic heterocycles. The lowest BCUT2D eigenvalue weighted by atomic mass is 9.71. The SMILES string of the molecule is COC1NCC(Cl)CC1C1CC(C)NCC1C(=O)NC1NC2CN(C(=O)C3CCC(C(F)(F)F)C(OC)N3)CC2S1. The smallest absolute Gasteiger partial charge is 0.366 e. The van der Waals surface area contributed by atoms with Gasteiger partial charge in [0.05, 0.1) is 17.9 Å². The van der Waals surface area contributed by atoms with Gasteiger partial charge in [0.15, 0.2) is 0 Å². The van der Waals surface area contributed by atoms with Gasteiger partial charge in [-0.15, -0.1) is 23.4 Å². The van der Waals surface area contributed by atoms with Crippen LogP contribution in [-0.2, 0) is 19.1 Å². The molecule has 0 spiro atoms. The molecule has 5 fully saturated rings. The van der Waals surface area contributed by atoms with Gasteiger partial charge < -0.3 is 25.0 Å². The van der Waals surface area contributed by atoms with Gasteiger partial charge in [-0.3, -0.25) is 25.5 Å². The van der Waals surface area contributed by atoms with Crippen LogP contribution in [0.4, 0.5) is 13.2 Å². The van der Waals surface area contributed by atoms with E-state index in [-0.39, 0.29) is 76.8 Å². The van der Waals surface area contributed by atoms with Crippen molar-refractivity contribution in [1.29, 1.82) is 0 Å². The number of rotatable bonds is 6. The fourth-order valence-corrected chi connectivity index (χ4v) is 9.00. The Morgan fingerprint density at radius 3 is 2.44 bits per heavy atom. The molecule has 5 saturated heterocycles. The first kappa shape index (κ1) is 31.6. The van der Waals surface area contributed by atoms with Gasteiger partial charge in [0.25, 0.3) is 0 Å². The zero-order valence-electron chi connectivity index (χ0n) is 23.6. The van der Waals surface area contributed by atoms with Crippen LogP contribution in [0, 0.1) is 23.7 Å². The second kappa shape index (κ2) is 13.0. The number of likely N-dealkylation sites (tertiary alicyclic amines) is 1. The van der Waals surface area contributed by atoms with E-state index < -0.39 is 24.4 Å². The summed E-state index contributed by atoms with van der Waals surface area (Å²) in [6, 6.07) is -0.443. The Hall–Kier alpha value is -0.870. The average molecular weight is 627 g/mol. The van der Waals surface area contributed by atoms with Gasteiger partial charge in [-0.2, -0.15) is 13.2 Å². The van der Waals surface area contributed by atoms with E-state index in [2.05, 4.69) is 33.5 Å². The summed E-state index contributed by atoms with van der Waals surface area (Å²) in [5.41, 5.74) is -0.281. The van der Waals surface area contributed by atoms with Gasteiger partial charge in [-0.1, -0.05) is 0 Å². The number of piperidine rings is 3. The van der Waals surface area contributed by atoms with Crippen LogP contribution in [0.1, 0.15) is 32.6 Å². The van der Waals surface area contributed by atoms with E-state index in [4.69, 9.17) is 21.1 Å². The largest absolute Gasteiger partial charge is 0.395 e. The van der Waals surface area contributed by atoms with Crippen LogP contribution < -0.4 is 26.6 Å². The number of thioether (sulfide) groups is 1. The molecule has 234 valence electrons. The second-order valence-corrected chi connectivity index (χ2v) is 14.0. The number of ether oxygens (including phenoxy) is 2. The third-order valence-electron chi connectivity index (χ3n) is 9.42. The third kappa shape index (κ3) is 6.95. The van der Waals surface area contributed by atoms with Crippen LogP contribution in [0.15, 0.2) is 0 Å². The molecule has 0 aromatic heterocycles. The number of carbonyl (C=O) groups excluding carboxylic acids is 2. The average Bonchev–Trinajstić information content (AvgIpc) is 3.50. The van der Waals surface area contributed by atoms with Crippen molar-refractivity contribution >= 4 is 35.2 Å². The summed E-state index contributed by atoms with van der Waals surface area (Å²) in [5, 5.41) is 16.3. The summed E-state index contributed by atoms with van der Waals surface area (Å²) in [6.07, 6.45) is -4.18. The number of amides is 2. The van der Waals surface area contributed by atoms with Gasteiger partial charge in [-0.25, -0.2) is 0 Å². The first-order valence-corrected chi connectivity index (χ1v) is 15.9. The van der Waals surface area contributed by atoms with Crippen molar-refractivity contribution in [3.63, 3.8) is 0 Å². The number of hydrogen-bond donors (Lipinski definition) is 5. The number of methoxy groups -OCH3 is 2. The summed E-state index contributed by atoms with van der Waals surface area (Å²) in [4.78, 5) is 28.5. The highest BCUT2D eigenvalue weighted by Gasteiger charge is 2.51. The molecule has 10 nitrogen and oxygen atoms in total. The standard InChI is InChI=1S/C26H42ClF3N6O4S/c1-12-6-14(15-7-13(27)8-32-22(15)39-2)16(9-31-12)21(37)35-25-34-19-10-36(11-20(19)41-25)24(38)18-5-4-17(26(28,29)30)23(33-18)40-3/h12-20,22-23,25,31-34H,4-11H2,1-3H3,(H,35,37). The number of carbonyl (C=O) groups is 2. The molecule has 5 N–H and O–H groups in total. The van der Waals surface area contributed by atoms with E-state index in [1.807, 2.05) is 0 Å². The number of halogens is 4. The molecule has 41 heavy (non-hydrogen) atoms. The zero-order valence-corrected chi connectivity index (χ0v) is 25.2. The minimum atomic E-state index is -4.39. The Balaban J connectivity index is 1.14. The van der Waals surface area contributed by atoms with Crippen LogP contribution >= 0.6 is 23.4 Å². The fraction of sp³-hybridized carbons (Fsp3) is 0.923. The number of hydrogen-bond acceptors (Lipinski definition) is 9. The van der Waals surface area contributed by atoms with E-state index in [1.165, 1.54) is 7.11 Å². The lowest BCUT2D eigenvalue weighted by Crippen LogP contribution is -2.59. The molecule has 5 aliphatic rings. The Kier molecular flexibility index (Phi) is 10.0.